The first-order chi connectivity index (χ1) is 8.63. The van der Waals surface area contributed by atoms with E-state index in [1.165, 1.54) is 17.8 Å². The number of benzene rings is 1. The van der Waals surface area contributed by atoms with Crippen molar-refractivity contribution >= 4 is 11.6 Å². The van der Waals surface area contributed by atoms with Crippen LogP contribution in [0.5, 0.6) is 0 Å². The van der Waals surface area contributed by atoms with E-state index in [1.54, 1.807) is 6.07 Å². The monoisotopic (exact) mass is 266 g/mol. The quantitative estimate of drug-likeness (QED) is 0.822. The third-order valence-electron chi connectivity index (χ3n) is 2.97. The van der Waals surface area contributed by atoms with E-state index in [0.29, 0.717) is 11.6 Å². The largest absolute Gasteiger partial charge is 0.265 e. The number of hydrogen-bond acceptors (Lipinski definition) is 1. The zero-order valence-corrected chi connectivity index (χ0v) is 11.3. The Bertz CT molecular complexity index is 549. The maximum Gasteiger partial charge on any atom is 0.124 e. The summed E-state index contributed by atoms with van der Waals surface area (Å²) in [5, 5.41) is 4.97. The Balaban J connectivity index is 2.30. The SMILES string of the molecule is CCc1cc(CC)n(Cc2ccc(F)cc2Cl)n1. The minimum atomic E-state index is -0.311. The highest BCUT2D eigenvalue weighted by Crippen LogP contribution is 2.19. The molecule has 2 rings (SSSR count). The van der Waals surface area contributed by atoms with Gasteiger partial charge in [-0.1, -0.05) is 31.5 Å². The van der Waals surface area contributed by atoms with Gasteiger partial charge in [0.25, 0.3) is 0 Å². The van der Waals surface area contributed by atoms with Crippen LogP contribution in [0, 0.1) is 5.82 Å². The van der Waals surface area contributed by atoms with Crippen molar-refractivity contribution in [2.75, 3.05) is 0 Å². The molecule has 0 aliphatic rings. The van der Waals surface area contributed by atoms with E-state index in [2.05, 4.69) is 25.0 Å². The first-order valence-corrected chi connectivity index (χ1v) is 6.51. The van der Waals surface area contributed by atoms with Crippen LogP contribution < -0.4 is 0 Å². The Morgan fingerprint density at radius 1 is 1.22 bits per heavy atom. The maximum absolute atomic E-state index is 13.0. The van der Waals surface area contributed by atoms with Crippen LogP contribution in [0.4, 0.5) is 4.39 Å². The molecule has 1 aromatic carbocycles. The van der Waals surface area contributed by atoms with Crippen molar-refractivity contribution in [1.82, 2.24) is 9.78 Å². The molecule has 0 fully saturated rings. The molecular formula is C14H16ClFN2. The summed E-state index contributed by atoms with van der Waals surface area (Å²) in [5.74, 6) is -0.311. The van der Waals surface area contributed by atoms with Gasteiger partial charge in [0, 0.05) is 10.7 Å². The Kier molecular flexibility index (Phi) is 4.02. The molecule has 0 unspecified atom stereocenters. The molecule has 2 aromatic rings. The highest BCUT2D eigenvalue weighted by molar-refractivity contribution is 6.31. The molecule has 1 aromatic heterocycles. The number of rotatable bonds is 4. The zero-order valence-electron chi connectivity index (χ0n) is 10.6. The smallest absolute Gasteiger partial charge is 0.124 e. The first kappa shape index (κ1) is 13.1. The zero-order chi connectivity index (χ0) is 13.1. The minimum absolute atomic E-state index is 0.311. The van der Waals surface area contributed by atoms with Crippen LogP contribution in [0.25, 0.3) is 0 Å². The number of aromatic nitrogens is 2. The number of hydrogen-bond donors (Lipinski definition) is 0. The van der Waals surface area contributed by atoms with Crippen molar-refractivity contribution in [3.05, 3.63) is 52.1 Å². The van der Waals surface area contributed by atoms with Gasteiger partial charge in [-0.15, -0.1) is 0 Å². The summed E-state index contributed by atoms with van der Waals surface area (Å²) in [4.78, 5) is 0. The van der Waals surface area contributed by atoms with Gasteiger partial charge < -0.3 is 0 Å². The topological polar surface area (TPSA) is 17.8 Å². The molecule has 0 bridgehead atoms. The van der Waals surface area contributed by atoms with Gasteiger partial charge in [-0.25, -0.2) is 4.39 Å². The average Bonchev–Trinajstić information content (AvgIpc) is 2.75. The van der Waals surface area contributed by atoms with Gasteiger partial charge in [0.2, 0.25) is 0 Å². The third-order valence-corrected chi connectivity index (χ3v) is 3.33. The first-order valence-electron chi connectivity index (χ1n) is 6.13. The molecule has 0 amide bonds. The lowest BCUT2D eigenvalue weighted by atomic mass is 10.2. The molecule has 0 N–H and O–H groups in total. The van der Waals surface area contributed by atoms with E-state index in [-0.39, 0.29) is 5.82 Å². The van der Waals surface area contributed by atoms with E-state index < -0.39 is 0 Å². The fourth-order valence-electron chi connectivity index (χ4n) is 1.92. The van der Waals surface area contributed by atoms with Gasteiger partial charge in [-0.3, -0.25) is 4.68 Å². The molecule has 18 heavy (non-hydrogen) atoms. The van der Waals surface area contributed by atoms with Crippen LogP contribution in [-0.4, -0.2) is 9.78 Å². The van der Waals surface area contributed by atoms with E-state index in [0.717, 1.165) is 24.1 Å². The number of nitrogens with zero attached hydrogens (tertiary/aromatic N) is 2. The van der Waals surface area contributed by atoms with Gasteiger partial charge in [-0.05, 0) is 36.6 Å². The summed E-state index contributed by atoms with van der Waals surface area (Å²) < 4.78 is 14.9. The molecule has 0 atom stereocenters. The Hall–Kier alpha value is -1.35. The Labute approximate surface area is 111 Å². The van der Waals surface area contributed by atoms with Crippen molar-refractivity contribution < 1.29 is 4.39 Å². The van der Waals surface area contributed by atoms with Crippen molar-refractivity contribution in [2.24, 2.45) is 0 Å². The molecule has 0 aliphatic carbocycles. The molecule has 0 saturated heterocycles. The molecule has 0 saturated carbocycles. The van der Waals surface area contributed by atoms with Crippen LogP contribution in [0.3, 0.4) is 0 Å². The highest BCUT2D eigenvalue weighted by Gasteiger charge is 2.08. The van der Waals surface area contributed by atoms with Crippen LogP contribution in [0.2, 0.25) is 5.02 Å². The van der Waals surface area contributed by atoms with Crippen LogP contribution in [0.1, 0.15) is 30.8 Å². The average molecular weight is 267 g/mol. The van der Waals surface area contributed by atoms with Gasteiger partial charge in [0.15, 0.2) is 0 Å². The number of halogens is 2. The second kappa shape index (κ2) is 5.53. The molecule has 0 spiro atoms. The third kappa shape index (κ3) is 2.72. The second-order valence-corrected chi connectivity index (χ2v) is 4.63. The minimum Gasteiger partial charge on any atom is -0.265 e. The van der Waals surface area contributed by atoms with E-state index in [4.69, 9.17) is 11.6 Å². The second-order valence-electron chi connectivity index (χ2n) is 4.23. The fourth-order valence-corrected chi connectivity index (χ4v) is 2.15. The molecule has 1 heterocycles. The van der Waals surface area contributed by atoms with Gasteiger partial charge in [-0.2, -0.15) is 5.10 Å². The molecule has 0 radical (unpaired) electrons. The van der Waals surface area contributed by atoms with Gasteiger partial charge in [0.1, 0.15) is 5.82 Å². The fraction of sp³-hybridized carbons (Fsp3) is 0.357. The van der Waals surface area contributed by atoms with Crippen molar-refractivity contribution in [1.29, 1.82) is 0 Å². The summed E-state index contributed by atoms with van der Waals surface area (Å²) >= 11 is 6.03. The van der Waals surface area contributed by atoms with Crippen molar-refractivity contribution in [3.63, 3.8) is 0 Å². The summed E-state index contributed by atoms with van der Waals surface area (Å²) in [6.45, 7) is 4.76. The summed E-state index contributed by atoms with van der Waals surface area (Å²) in [7, 11) is 0. The predicted molar refractivity (Wildman–Crippen MR) is 71.5 cm³/mol. The Morgan fingerprint density at radius 2 is 2.00 bits per heavy atom. The summed E-state index contributed by atoms with van der Waals surface area (Å²) in [5.41, 5.74) is 3.14. The van der Waals surface area contributed by atoms with E-state index >= 15 is 0 Å². The number of aryl methyl sites for hydroxylation is 2. The van der Waals surface area contributed by atoms with Crippen LogP contribution in [-0.2, 0) is 19.4 Å². The maximum atomic E-state index is 13.0. The van der Waals surface area contributed by atoms with Crippen LogP contribution >= 0.6 is 11.6 Å². The highest BCUT2D eigenvalue weighted by atomic mass is 35.5. The van der Waals surface area contributed by atoms with Crippen LogP contribution in [0.15, 0.2) is 24.3 Å². The predicted octanol–water partition coefficient (Wildman–Crippen LogP) is 3.85. The summed E-state index contributed by atoms with van der Waals surface area (Å²) in [6.07, 6.45) is 1.84. The molecule has 0 aliphatic heterocycles. The lowest BCUT2D eigenvalue weighted by molar-refractivity contribution is 0.619. The van der Waals surface area contributed by atoms with Gasteiger partial charge >= 0.3 is 0 Å². The Morgan fingerprint density at radius 3 is 2.61 bits per heavy atom. The molecular weight excluding hydrogens is 251 g/mol. The van der Waals surface area contributed by atoms with E-state index in [9.17, 15) is 4.39 Å². The molecule has 4 heteroatoms. The van der Waals surface area contributed by atoms with Crippen molar-refractivity contribution in [2.45, 2.75) is 33.2 Å². The standard InChI is InChI=1S/C14H16ClFN2/c1-3-12-8-13(4-2)18(17-12)9-10-5-6-11(16)7-14(10)15/h5-8H,3-4,9H2,1-2H3. The summed E-state index contributed by atoms with van der Waals surface area (Å²) in [6, 6.07) is 6.59. The van der Waals surface area contributed by atoms with Crippen molar-refractivity contribution in [3.8, 4) is 0 Å². The van der Waals surface area contributed by atoms with E-state index in [1.807, 2.05) is 4.68 Å². The van der Waals surface area contributed by atoms with Gasteiger partial charge in [0.05, 0.1) is 12.2 Å². The molecule has 96 valence electrons. The normalized spacial score (nSPS) is 10.9. The lowest BCUT2D eigenvalue weighted by Crippen LogP contribution is -2.06. The lowest BCUT2D eigenvalue weighted by Gasteiger charge is -2.07. The molecule has 2 nitrogen and oxygen atoms in total.